The zero-order chi connectivity index (χ0) is 17.8. The van der Waals surface area contributed by atoms with Crippen LogP contribution in [0.2, 0.25) is 0 Å². The predicted molar refractivity (Wildman–Crippen MR) is 97.7 cm³/mol. The van der Waals surface area contributed by atoms with E-state index in [0.717, 1.165) is 28.9 Å². The molecule has 0 radical (unpaired) electrons. The Bertz CT molecular complexity index is 776. The molecule has 1 aromatic heterocycles. The van der Waals surface area contributed by atoms with E-state index in [2.05, 4.69) is 15.6 Å². The van der Waals surface area contributed by atoms with Crippen LogP contribution < -0.4 is 15.5 Å². The van der Waals surface area contributed by atoms with Gasteiger partial charge >= 0.3 is 6.03 Å². The Morgan fingerprint density at radius 3 is 2.84 bits per heavy atom. The Balaban J connectivity index is 1.65. The molecule has 1 aliphatic rings. The number of benzene rings is 1. The standard InChI is InChI=1S/C19H22N4O2/c1-13-7-8-16(14(2)11-13)21-19(25)22-17-6-4-10-23(18(17)24)15-5-3-9-20-12-15/h3,5,7-9,11-12,17H,4,6,10H2,1-2H3,(H2,21,22,25)/t17-/m0/s1. The molecule has 1 saturated heterocycles. The maximum Gasteiger partial charge on any atom is 0.319 e. The van der Waals surface area contributed by atoms with Gasteiger partial charge < -0.3 is 15.5 Å². The first kappa shape index (κ1) is 17.0. The Morgan fingerprint density at radius 1 is 1.28 bits per heavy atom. The molecular weight excluding hydrogens is 316 g/mol. The molecule has 25 heavy (non-hydrogen) atoms. The monoisotopic (exact) mass is 338 g/mol. The number of pyridine rings is 1. The molecule has 6 nitrogen and oxygen atoms in total. The minimum atomic E-state index is -0.528. The molecule has 6 heteroatoms. The number of urea groups is 1. The Morgan fingerprint density at radius 2 is 2.12 bits per heavy atom. The van der Waals surface area contributed by atoms with Crippen molar-refractivity contribution >= 4 is 23.3 Å². The number of hydrogen-bond acceptors (Lipinski definition) is 3. The zero-order valence-electron chi connectivity index (χ0n) is 14.5. The van der Waals surface area contributed by atoms with E-state index >= 15 is 0 Å². The fourth-order valence-corrected chi connectivity index (χ4v) is 3.05. The Kier molecular flexibility index (Phi) is 4.97. The molecule has 2 aromatic rings. The van der Waals surface area contributed by atoms with E-state index in [1.807, 2.05) is 38.1 Å². The van der Waals surface area contributed by atoms with Crippen molar-refractivity contribution < 1.29 is 9.59 Å². The van der Waals surface area contributed by atoms with E-state index in [9.17, 15) is 9.59 Å². The van der Waals surface area contributed by atoms with Crippen molar-refractivity contribution in [3.05, 3.63) is 53.9 Å². The number of nitrogens with zero attached hydrogens (tertiary/aromatic N) is 2. The van der Waals surface area contributed by atoms with Crippen LogP contribution in [0.15, 0.2) is 42.7 Å². The van der Waals surface area contributed by atoms with E-state index < -0.39 is 6.04 Å². The van der Waals surface area contributed by atoms with Crippen LogP contribution in [0.25, 0.3) is 0 Å². The van der Waals surface area contributed by atoms with Gasteiger partial charge in [0, 0.05) is 18.4 Å². The second-order valence-electron chi connectivity index (χ2n) is 6.31. The van der Waals surface area contributed by atoms with Crippen LogP contribution in [0.5, 0.6) is 0 Å². The molecule has 3 amide bonds. The summed E-state index contributed by atoms with van der Waals surface area (Å²) in [6.45, 7) is 4.59. The number of hydrogen-bond donors (Lipinski definition) is 2. The van der Waals surface area contributed by atoms with Crippen LogP contribution in [0, 0.1) is 13.8 Å². The summed E-state index contributed by atoms with van der Waals surface area (Å²) in [4.78, 5) is 30.7. The highest BCUT2D eigenvalue weighted by atomic mass is 16.2. The van der Waals surface area contributed by atoms with E-state index in [1.165, 1.54) is 0 Å². The molecule has 1 atom stereocenters. The number of aromatic nitrogens is 1. The quantitative estimate of drug-likeness (QED) is 0.903. The summed E-state index contributed by atoms with van der Waals surface area (Å²) in [5.41, 5.74) is 3.63. The minimum absolute atomic E-state index is 0.102. The summed E-state index contributed by atoms with van der Waals surface area (Å²) in [5.74, 6) is -0.102. The number of amides is 3. The molecule has 3 rings (SSSR count). The first-order valence-electron chi connectivity index (χ1n) is 8.41. The van der Waals surface area contributed by atoms with Gasteiger partial charge in [-0.05, 0) is 50.5 Å². The van der Waals surface area contributed by atoms with Crippen molar-refractivity contribution in [1.29, 1.82) is 0 Å². The number of carbonyl (C=O) groups excluding carboxylic acids is 2. The zero-order valence-corrected chi connectivity index (χ0v) is 14.5. The summed E-state index contributed by atoms with van der Waals surface area (Å²) < 4.78 is 0. The van der Waals surface area contributed by atoms with Crippen LogP contribution in [-0.4, -0.2) is 29.5 Å². The van der Waals surface area contributed by atoms with Crippen LogP contribution in [0.4, 0.5) is 16.2 Å². The third-order valence-corrected chi connectivity index (χ3v) is 4.33. The molecule has 2 N–H and O–H groups in total. The number of anilines is 2. The molecule has 0 spiro atoms. The molecule has 1 aromatic carbocycles. The van der Waals surface area contributed by atoms with Crippen LogP contribution in [0.1, 0.15) is 24.0 Å². The fraction of sp³-hybridized carbons (Fsp3) is 0.316. The van der Waals surface area contributed by atoms with Gasteiger partial charge in [0.05, 0.1) is 11.9 Å². The SMILES string of the molecule is Cc1ccc(NC(=O)N[C@H]2CCCN(c3cccnc3)C2=O)c(C)c1. The van der Waals surface area contributed by atoms with Gasteiger partial charge in [-0.3, -0.25) is 9.78 Å². The van der Waals surface area contributed by atoms with E-state index in [4.69, 9.17) is 0 Å². The third kappa shape index (κ3) is 3.96. The van der Waals surface area contributed by atoms with E-state index in [0.29, 0.717) is 13.0 Å². The lowest BCUT2D eigenvalue weighted by molar-refractivity contribution is -0.121. The number of rotatable bonds is 3. The smallest absolute Gasteiger partial charge is 0.319 e. The van der Waals surface area contributed by atoms with Gasteiger partial charge in [0.25, 0.3) is 0 Å². The second-order valence-corrected chi connectivity index (χ2v) is 6.31. The maximum atomic E-state index is 12.7. The molecule has 1 aliphatic heterocycles. The van der Waals surface area contributed by atoms with Crippen molar-refractivity contribution in [2.24, 2.45) is 0 Å². The van der Waals surface area contributed by atoms with Gasteiger partial charge in [-0.15, -0.1) is 0 Å². The molecule has 1 fully saturated rings. The van der Waals surface area contributed by atoms with Crippen LogP contribution in [0.3, 0.4) is 0 Å². The minimum Gasteiger partial charge on any atom is -0.326 e. The Hall–Kier alpha value is -2.89. The highest BCUT2D eigenvalue weighted by Crippen LogP contribution is 2.20. The molecule has 0 bridgehead atoms. The lowest BCUT2D eigenvalue weighted by Gasteiger charge is -2.32. The first-order valence-corrected chi connectivity index (χ1v) is 8.41. The number of nitrogens with one attached hydrogen (secondary N) is 2. The molecule has 130 valence electrons. The van der Waals surface area contributed by atoms with Crippen molar-refractivity contribution in [2.75, 3.05) is 16.8 Å². The summed E-state index contributed by atoms with van der Waals surface area (Å²) in [6.07, 6.45) is 4.80. The summed E-state index contributed by atoms with van der Waals surface area (Å²) in [6, 6.07) is 8.58. The third-order valence-electron chi connectivity index (χ3n) is 4.33. The summed E-state index contributed by atoms with van der Waals surface area (Å²) in [5, 5.41) is 5.62. The van der Waals surface area contributed by atoms with E-state index in [-0.39, 0.29) is 11.9 Å². The normalized spacial score (nSPS) is 17.3. The number of aryl methyl sites for hydroxylation is 2. The average molecular weight is 338 g/mol. The summed E-state index contributed by atoms with van der Waals surface area (Å²) >= 11 is 0. The summed E-state index contributed by atoms with van der Waals surface area (Å²) in [7, 11) is 0. The van der Waals surface area contributed by atoms with Gasteiger partial charge in [-0.25, -0.2) is 4.79 Å². The topological polar surface area (TPSA) is 74.3 Å². The predicted octanol–water partition coefficient (Wildman–Crippen LogP) is 3.02. The van der Waals surface area contributed by atoms with Gasteiger partial charge in [0.2, 0.25) is 5.91 Å². The van der Waals surface area contributed by atoms with Gasteiger partial charge in [0.15, 0.2) is 0 Å². The van der Waals surface area contributed by atoms with Gasteiger partial charge in [-0.1, -0.05) is 17.7 Å². The number of piperidine rings is 1. The molecule has 0 saturated carbocycles. The second kappa shape index (κ2) is 7.34. The maximum absolute atomic E-state index is 12.7. The van der Waals surface area contributed by atoms with E-state index in [1.54, 1.807) is 23.4 Å². The number of carbonyl (C=O) groups is 2. The largest absolute Gasteiger partial charge is 0.326 e. The van der Waals surface area contributed by atoms with Gasteiger partial charge in [0.1, 0.15) is 6.04 Å². The molecule has 0 unspecified atom stereocenters. The molecular formula is C19H22N4O2. The average Bonchev–Trinajstić information content (AvgIpc) is 2.60. The molecule has 0 aliphatic carbocycles. The highest BCUT2D eigenvalue weighted by Gasteiger charge is 2.30. The van der Waals surface area contributed by atoms with Crippen molar-refractivity contribution in [3.63, 3.8) is 0 Å². The molecule has 2 heterocycles. The van der Waals surface area contributed by atoms with Crippen molar-refractivity contribution in [3.8, 4) is 0 Å². The fourth-order valence-electron chi connectivity index (χ4n) is 3.05. The van der Waals surface area contributed by atoms with Crippen molar-refractivity contribution in [2.45, 2.75) is 32.7 Å². The lowest BCUT2D eigenvalue weighted by Crippen LogP contribution is -2.53. The highest BCUT2D eigenvalue weighted by molar-refractivity contribution is 6.01. The van der Waals surface area contributed by atoms with Gasteiger partial charge in [-0.2, -0.15) is 0 Å². The lowest BCUT2D eigenvalue weighted by atomic mass is 10.0. The van der Waals surface area contributed by atoms with Crippen LogP contribution in [-0.2, 0) is 4.79 Å². The Labute approximate surface area is 147 Å². The van der Waals surface area contributed by atoms with Crippen molar-refractivity contribution in [1.82, 2.24) is 10.3 Å². The van der Waals surface area contributed by atoms with Crippen LogP contribution >= 0.6 is 0 Å². The first-order chi connectivity index (χ1) is 12.0.